The average Bonchev–Trinajstić information content (AvgIpc) is 3.35. The number of fused-ring (bicyclic) bond motifs is 3. The summed E-state index contributed by atoms with van der Waals surface area (Å²) >= 11 is 0. The van der Waals surface area contributed by atoms with Crippen molar-refractivity contribution in [3.05, 3.63) is 78.6 Å². The molecule has 0 aliphatic heterocycles. The van der Waals surface area contributed by atoms with Crippen LogP contribution in [0.3, 0.4) is 0 Å². The molecule has 0 bridgehead atoms. The van der Waals surface area contributed by atoms with E-state index in [1.807, 2.05) is 54.6 Å². The zero-order valence-electron chi connectivity index (χ0n) is 13.6. The van der Waals surface area contributed by atoms with Crippen molar-refractivity contribution in [3.63, 3.8) is 0 Å². The van der Waals surface area contributed by atoms with Gasteiger partial charge in [0.1, 0.15) is 29.8 Å². The van der Waals surface area contributed by atoms with E-state index in [1.54, 1.807) is 0 Å². The standard InChI is InChI=1S/C19H14N6O/c1-2-6-12(7-3-1)15(18-22-11-23-25-18)24-19-17-16(20-10-21-19)13-8-4-5-9-14(13)26-17/h1-11,15H,(H,20,21,24)(H,22,23,25). The number of H-pyrrole nitrogens is 1. The van der Waals surface area contributed by atoms with Gasteiger partial charge in [-0.2, -0.15) is 5.10 Å². The zero-order valence-corrected chi connectivity index (χ0v) is 13.6. The smallest absolute Gasteiger partial charge is 0.196 e. The van der Waals surface area contributed by atoms with Crippen LogP contribution in [0.4, 0.5) is 5.82 Å². The van der Waals surface area contributed by atoms with E-state index in [4.69, 9.17) is 4.42 Å². The van der Waals surface area contributed by atoms with Crippen molar-refractivity contribution >= 4 is 27.9 Å². The monoisotopic (exact) mass is 342 g/mol. The van der Waals surface area contributed by atoms with Gasteiger partial charge in [-0.05, 0) is 17.7 Å². The van der Waals surface area contributed by atoms with Gasteiger partial charge in [-0.25, -0.2) is 15.0 Å². The van der Waals surface area contributed by atoms with Gasteiger partial charge >= 0.3 is 0 Å². The fraction of sp³-hybridized carbons (Fsp3) is 0.0526. The Kier molecular flexibility index (Phi) is 3.35. The number of nitrogens with one attached hydrogen (secondary N) is 2. The van der Waals surface area contributed by atoms with E-state index >= 15 is 0 Å². The number of hydrogen-bond donors (Lipinski definition) is 2. The lowest BCUT2D eigenvalue weighted by Gasteiger charge is -2.17. The van der Waals surface area contributed by atoms with Crippen LogP contribution in [0.15, 0.2) is 71.7 Å². The summed E-state index contributed by atoms with van der Waals surface area (Å²) in [6.45, 7) is 0. The predicted octanol–water partition coefficient (Wildman–Crippen LogP) is 3.70. The fourth-order valence-electron chi connectivity index (χ4n) is 3.07. The van der Waals surface area contributed by atoms with Crippen LogP contribution in [-0.2, 0) is 0 Å². The summed E-state index contributed by atoms with van der Waals surface area (Å²) in [5.41, 5.74) is 3.21. The third kappa shape index (κ3) is 2.37. The second-order valence-corrected chi connectivity index (χ2v) is 5.86. The van der Waals surface area contributed by atoms with Gasteiger partial charge in [-0.1, -0.05) is 42.5 Å². The van der Waals surface area contributed by atoms with Gasteiger partial charge in [0.15, 0.2) is 17.2 Å². The Morgan fingerprint density at radius 1 is 0.885 bits per heavy atom. The minimum atomic E-state index is -0.245. The molecule has 0 saturated heterocycles. The second-order valence-electron chi connectivity index (χ2n) is 5.86. The van der Waals surface area contributed by atoms with Crippen molar-refractivity contribution in [2.24, 2.45) is 0 Å². The largest absolute Gasteiger partial charge is 0.450 e. The Morgan fingerprint density at radius 2 is 1.73 bits per heavy atom. The quantitative estimate of drug-likeness (QED) is 0.517. The van der Waals surface area contributed by atoms with Gasteiger partial charge in [0.25, 0.3) is 0 Å². The summed E-state index contributed by atoms with van der Waals surface area (Å²) in [5, 5.41) is 11.3. The van der Waals surface area contributed by atoms with E-state index in [-0.39, 0.29) is 6.04 Å². The molecule has 2 aromatic carbocycles. The van der Waals surface area contributed by atoms with Crippen molar-refractivity contribution in [2.75, 3.05) is 5.32 Å². The van der Waals surface area contributed by atoms with Gasteiger partial charge < -0.3 is 9.73 Å². The van der Waals surface area contributed by atoms with E-state index in [2.05, 4.69) is 30.5 Å². The Labute approximate surface area is 148 Å². The molecular weight excluding hydrogens is 328 g/mol. The molecule has 1 unspecified atom stereocenters. The van der Waals surface area contributed by atoms with Crippen molar-refractivity contribution in [1.29, 1.82) is 0 Å². The average molecular weight is 342 g/mol. The number of para-hydroxylation sites is 1. The summed E-state index contributed by atoms with van der Waals surface area (Å²) < 4.78 is 6.00. The molecule has 7 heteroatoms. The number of rotatable bonds is 4. The molecule has 1 atom stereocenters. The molecule has 5 rings (SSSR count). The van der Waals surface area contributed by atoms with Crippen molar-refractivity contribution in [2.45, 2.75) is 6.04 Å². The summed E-state index contributed by atoms with van der Waals surface area (Å²) in [7, 11) is 0. The summed E-state index contributed by atoms with van der Waals surface area (Å²) in [5.74, 6) is 1.30. The molecule has 0 fully saturated rings. The van der Waals surface area contributed by atoms with Crippen LogP contribution in [0.5, 0.6) is 0 Å². The highest BCUT2D eigenvalue weighted by molar-refractivity contribution is 6.05. The zero-order chi connectivity index (χ0) is 17.3. The lowest BCUT2D eigenvalue weighted by atomic mass is 10.1. The van der Waals surface area contributed by atoms with Crippen molar-refractivity contribution in [1.82, 2.24) is 25.1 Å². The molecular formula is C19H14N6O. The van der Waals surface area contributed by atoms with Crippen molar-refractivity contribution < 1.29 is 4.42 Å². The van der Waals surface area contributed by atoms with Crippen LogP contribution in [0.25, 0.3) is 22.1 Å². The minimum absolute atomic E-state index is 0.245. The molecule has 26 heavy (non-hydrogen) atoms. The van der Waals surface area contributed by atoms with E-state index in [0.29, 0.717) is 17.2 Å². The highest BCUT2D eigenvalue weighted by Gasteiger charge is 2.20. The molecule has 0 aliphatic carbocycles. The fourth-order valence-corrected chi connectivity index (χ4v) is 3.07. The third-order valence-corrected chi connectivity index (χ3v) is 4.28. The molecule has 7 nitrogen and oxygen atoms in total. The number of hydrogen-bond acceptors (Lipinski definition) is 6. The summed E-state index contributed by atoms with van der Waals surface area (Å²) in [4.78, 5) is 13.1. The van der Waals surface area contributed by atoms with Crippen LogP contribution in [0.2, 0.25) is 0 Å². The van der Waals surface area contributed by atoms with Gasteiger partial charge in [0, 0.05) is 5.39 Å². The molecule has 0 saturated carbocycles. The van der Waals surface area contributed by atoms with E-state index in [9.17, 15) is 0 Å². The topological polar surface area (TPSA) is 92.5 Å². The SMILES string of the molecule is c1ccc(C(Nc2ncnc3c2oc2ccccc23)c2ncn[nH]2)cc1. The van der Waals surface area contributed by atoms with Crippen LogP contribution < -0.4 is 5.32 Å². The maximum atomic E-state index is 6.00. The lowest BCUT2D eigenvalue weighted by Crippen LogP contribution is -2.15. The Morgan fingerprint density at radius 3 is 2.58 bits per heavy atom. The number of anilines is 1. The summed E-state index contributed by atoms with van der Waals surface area (Å²) in [6.07, 6.45) is 3.03. The molecule has 0 amide bonds. The van der Waals surface area contributed by atoms with Gasteiger partial charge in [-0.15, -0.1) is 0 Å². The number of furan rings is 1. The van der Waals surface area contributed by atoms with Crippen molar-refractivity contribution in [3.8, 4) is 0 Å². The predicted molar refractivity (Wildman–Crippen MR) is 97.6 cm³/mol. The van der Waals surface area contributed by atoms with Gasteiger partial charge in [0.2, 0.25) is 0 Å². The summed E-state index contributed by atoms with van der Waals surface area (Å²) in [6, 6.07) is 17.6. The molecule has 0 aliphatic rings. The molecule has 5 aromatic rings. The lowest BCUT2D eigenvalue weighted by molar-refractivity contribution is 0.665. The highest BCUT2D eigenvalue weighted by Crippen LogP contribution is 2.32. The number of benzene rings is 2. The van der Waals surface area contributed by atoms with Crippen LogP contribution in [0, 0.1) is 0 Å². The molecule has 126 valence electrons. The second kappa shape index (κ2) is 5.96. The van der Waals surface area contributed by atoms with Crippen LogP contribution in [-0.4, -0.2) is 25.1 Å². The maximum absolute atomic E-state index is 6.00. The van der Waals surface area contributed by atoms with Gasteiger partial charge in [-0.3, -0.25) is 5.10 Å². The van der Waals surface area contributed by atoms with Crippen LogP contribution in [0.1, 0.15) is 17.4 Å². The molecule has 0 spiro atoms. The molecule has 3 aromatic heterocycles. The first-order valence-corrected chi connectivity index (χ1v) is 8.19. The molecule has 3 heterocycles. The Bertz CT molecular complexity index is 1170. The minimum Gasteiger partial charge on any atom is -0.450 e. The first-order valence-electron chi connectivity index (χ1n) is 8.19. The Balaban J connectivity index is 1.65. The van der Waals surface area contributed by atoms with E-state index in [1.165, 1.54) is 12.7 Å². The number of aromatic amines is 1. The first-order chi connectivity index (χ1) is 12.9. The number of nitrogens with zero attached hydrogens (tertiary/aromatic N) is 4. The van der Waals surface area contributed by atoms with E-state index in [0.717, 1.165) is 22.0 Å². The highest BCUT2D eigenvalue weighted by atomic mass is 16.3. The van der Waals surface area contributed by atoms with Gasteiger partial charge in [0.05, 0.1) is 0 Å². The van der Waals surface area contributed by atoms with Crippen LogP contribution >= 0.6 is 0 Å². The molecule has 2 N–H and O–H groups in total. The third-order valence-electron chi connectivity index (χ3n) is 4.28. The normalized spacial score (nSPS) is 12.5. The molecule has 0 radical (unpaired) electrons. The maximum Gasteiger partial charge on any atom is 0.196 e. The Hall–Kier alpha value is -3.74. The first kappa shape index (κ1) is 14.6. The van der Waals surface area contributed by atoms with E-state index < -0.39 is 0 Å². The number of aromatic nitrogens is 5.